The number of carbonyl (C=O) groups is 1. The van der Waals surface area contributed by atoms with Crippen LogP contribution in [0.5, 0.6) is 0 Å². The van der Waals surface area contributed by atoms with Gasteiger partial charge >= 0.3 is 6.09 Å². The molecule has 2 fully saturated rings. The molecule has 1 amide bonds. The van der Waals surface area contributed by atoms with Crippen LogP contribution in [0.15, 0.2) is 0 Å². The molecular weight excluding hydrogens is 204 g/mol. The summed E-state index contributed by atoms with van der Waals surface area (Å²) in [4.78, 5) is 13.3. The van der Waals surface area contributed by atoms with E-state index in [1.165, 1.54) is 32.4 Å². The van der Waals surface area contributed by atoms with Crippen LogP contribution in [0.1, 0.15) is 44.9 Å². The van der Waals surface area contributed by atoms with Gasteiger partial charge in [0, 0.05) is 6.04 Å². The molecule has 1 heterocycles. The molecule has 2 aliphatic rings. The molecule has 1 aliphatic carbocycles. The van der Waals surface area contributed by atoms with Gasteiger partial charge in [0.25, 0.3) is 0 Å². The lowest BCUT2D eigenvalue weighted by Crippen LogP contribution is -2.42. The van der Waals surface area contributed by atoms with Crippen molar-refractivity contribution >= 4 is 6.09 Å². The van der Waals surface area contributed by atoms with Crippen molar-refractivity contribution in [3.05, 3.63) is 0 Å². The van der Waals surface area contributed by atoms with E-state index in [0.29, 0.717) is 6.04 Å². The quantitative estimate of drug-likeness (QED) is 0.782. The van der Waals surface area contributed by atoms with Crippen LogP contribution in [0.3, 0.4) is 0 Å². The predicted octanol–water partition coefficient (Wildman–Crippen LogP) is 1.88. The van der Waals surface area contributed by atoms with E-state index in [2.05, 4.69) is 4.90 Å². The van der Waals surface area contributed by atoms with Gasteiger partial charge in [-0.2, -0.15) is 0 Å². The van der Waals surface area contributed by atoms with Gasteiger partial charge in [0.15, 0.2) is 0 Å². The van der Waals surface area contributed by atoms with Gasteiger partial charge in [0.2, 0.25) is 0 Å². The Kier molecular flexibility index (Phi) is 4.04. The minimum absolute atomic E-state index is 0.0681. The first-order chi connectivity index (χ1) is 7.75. The second kappa shape index (κ2) is 5.53. The smallest absolute Gasteiger partial charge is 0.404 e. The number of amides is 1. The van der Waals surface area contributed by atoms with E-state index in [4.69, 9.17) is 10.5 Å². The minimum Gasteiger partial charge on any atom is -0.446 e. The third kappa shape index (κ3) is 3.11. The van der Waals surface area contributed by atoms with Crippen LogP contribution in [-0.4, -0.2) is 36.2 Å². The van der Waals surface area contributed by atoms with Crippen LogP contribution in [0.2, 0.25) is 0 Å². The highest BCUT2D eigenvalue weighted by Gasteiger charge is 2.27. The highest BCUT2D eigenvalue weighted by atomic mass is 16.6. The molecule has 0 spiro atoms. The monoisotopic (exact) mass is 226 g/mol. The van der Waals surface area contributed by atoms with E-state index in [9.17, 15) is 4.79 Å². The fraction of sp³-hybridized carbons (Fsp3) is 0.917. The van der Waals surface area contributed by atoms with Crippen LogP contribution >= 0.6 is 0 Å². The van der Waals surface area contributed by atoms with E-state index in [1.54, 1.807) is 0 Å². The van der Waals surface area contributed by atoms with Gasteiger partial charge in [-0.3, -0.25) is 0 Å². The third-order valence-electron chi connectivity index (χ3n) is 3.83. The Bertz CT molecular complexity index is 231. The van der Waals surface area contributed by atoms with Crippen LogP contribution in [0.4, 0.5) is 4.79 Å². The molecular formula is C12H22N2O2. The standard InChI is InChI=1S/C12H22N2O2/c13-12(15)16-11-6-4-10(5-7-11)14-8-2-1-3-9-14/h10-11H,1-9H2,(H2,13,15). The fourth-order valence-electron chi connectivity index (χ4n) is 2.98. The Morgan fingerprint density at radius 2 is 1.69 bits per heavy atom. The molecule has 1 saturated carbocycles. The zero-order valence-electron chi connectivity index (χ0n) is 9.86. The van der Waals surface area contributed by atoms with Gasteiger partial charge in [-0.25, -0.2) is 4.79 Å². The Balaban J connectivity index is 1.73. The lowest BCUT2D eigenvalue weighted by Gasteiger charge is -2.38. The number of ether oxygens (including phenoxy) is 1. The summed E-state index contributed by atoms with van der Waals surface area (Å²) in [5, 5.41) is 0. The SMILES string of the molecule is NC(=O)OC1CCC(N2CCCCC2)CC1. The molecule has 1 saturated heterocycles. The Morgan fingerprint density at radius 1 is 1.06 bits per heavy atom. The molecule has 0 aromatic carbocycles. The first-order valence-corrected chi connectivity index (χ1v) is 6.46. The maximum absolute atomic E-state index is 10.6. The van der Waals surface area contributed by atoms with Gasteiger partial charge in [0.05, 0.1) is 0 Å². The number of nitrogens with zero attached hydrogens (tertiary/aromatic N) is 1. The molecule has 4 nitrogen and oxygen atoms in total. The van der Waals surface area contributed by atoms with Crippen molar-refractivity contribution in [2.75, 3.05) is 13.1 Å². The maximum Gasteiger partial charge on any atom is 0.404 e. The van der Waals surface area contributed by atoms with Crippen LogP contribution < -0.4 is 5.73 Å². The minimum atomic E-state index is -0.624. The lowest BCUT2D eigenvalue weighted by molar-refractivity contribution is 0.0472. The number of hydrogen-bond acceptors (Lipinski definition) is 3. The van der Waals surface area contributed by atoms with E-state index in [0.717, 1.165) is 25.7 Å². The number of nitrogens with two attached hydrogens (primary N) is 1. The van der Waals surface area contributed by atoms with E-state index in [1.807, 2.05) is 0 Å². The molecule has 0 radical (unpaired) electrons. The summed E-state index contributed by atoms with van der Waals surface area (Å²) in [6.45, 7) is 2.51. The Morgan fingerprint density at radius 3 is 2.25 bits per heavy atom. The molecule has 0 unspecified atom stereocenters. The van der Waals surface area contributed by atoms with Gasteiger partial charge < -0.3 is 15.4 Å². The summed E-state index contributed by atoms with van der Waals surface area (Å²) >= 11 is 0. The molecule has 0 aromatic rings. The molecule has 0 bridgehead atoms. The lowest BCUT2D eigenvalue weighted by atomic mass is 9.90. The molecule has 1 aliphatic heterocycles. The number of piperidine rings is 1. The summed E-state index contributed by atoms with van der Waals surface area (Å²) < 4.78 is 5.05. The summed E-state index contributed by atoms with van der Waals surface area (Å²) in [5.74, 6) is 0. The molecule has 0 atom stereocenters. The third-order valence-corrected chi connectivity index (χ3v) is 3.83. The average molecular weight is 226 g/mol. The fourth-order valence-corrected chi connectivity index (χ4v) is 2.98. The van der Waals surface area contributed by atoms with E-state index in [-0.39, 0.29) is 6.10 Å². The van der Waals surface area contributed by atoms with Crippen molar-refractivity contribution < 1.29 is 9.53 Å². The first kappa shape index (κ1) is 11.7. The molecule has 4 heteroatoms. The summed E-state index contributed by atoms with van der Waals surface area (Å²) in [6, 6.07) is 0.716. The summed E-state index contributed by atoms with van der Waals surface area (Å²) in [5.41, 5.74) is 5.03. The Hall–Kier alpha value is -0.770. The van der Waals surface area contributed by atoms with Crippen molar-refractivity contribution in [2.45, 2.75) is 57.1 Å². The van der Waals surface area contributed by atoms with Crippen LogP contribution in [0.25, 0.3) is 0 Å². The van der Waals surface area contributed by atoms with Crippen molar-refractivity contribution in [3.8, 4) is 0 Å². The second-order valence-corrected chi connectivity index (χ2v) is 4.96. The highest BCUT2D eigenvalue weighted by molar-refractivity contribution is 5.64. The summed E-state index contributed by atoms with van der Waals surface area (Å²) in [6.07, 6.45) is 7.77. The van der Waals surface area contributed by atoms with Crippen LogP contribution in [0, 0.1) is 0 Å². The van der Waals surface area contributed by atoms with Crippen molar-refractivity contribution in [3.63, 3.8) is 0 Å². The number of hydrogen-bond donors (Lipinski definition) is 1. The summed E-state index contributed by atoms with van der Waals surface area (Å²) in [7, 11) is 0. The largest absolute Gasteiger partial charge is 0.446 e. The molecule has 16 heavy (non-hydrogen) atoms. The van der Waals surface area contributed by atoms with Crippen molar-refractivity contribution in [2.24, 2.45) is 5.73 Å². The van der Waals surface area contributed by atoms with E-state index >= 15 is 0 Å². The maximum atomic E-state index is 10.6. The Labute approximate surface area is 97.1 Å². The van der Waals surface area contributed by atoms with Gasteiger partial charge in [-0.15, -0.1) is 0 Å². The number of carbonyl (C=O) groups excluding carboxylic acids is 1. The molecule has 2 rings (SSSR count). The van der Waals surface area contributed by atoms with Crippen molar-refractivity contribution in [1.29, 1.82) is 0 Å². The molecule has 0 aromatic heterocycles. The zero-order chi connectivity index (χ0) is 11.4. The number of primary amides is 1. The number of likely N-dealkylation sites (tertiary alicyclic amines) is 1. The highest BCUT2D eigenvalue weighted by Crippen LogP contribution is 2.27. The van der Waals surface area contributed by atoms with Crippen molar-refractivity contribution in [1.82, 2.24) is 4.90 Å². The second-order valence-electron chi connectivity index (χ2n) is 4.96. The normalized spacial score (nSPS) is 32.2. The average Bonchev–Trinajstić information content (AvgIpc) is 2.30. The van der Waals surface area contributed by atoms with Gasteiger partial charge in [-0.05, 0) is 51.6 Å². The molecule has 92 valence electrons. The topological polar surface area (TPSA) is 55.6 Å². The first-order valence-electron chi connectivity index (χ1n) is 6.46. The van der Waals surface area contributed by atoms with Crippen LogP contribution in [-0.2, 0) is 4.74 Å². The van der Waals surface area contributed by atoms with Gasteiger partial charge in [-0.1, -0.05) is 6.42 Å². The zero-order valence-corrected chi connectivity index (χ0v) is 9.86. The molecule has 2 N–H and O–H groups in total. The van der Waals surface area contributed by atoms with E-state index < -0.39 is 6.09 Å². The number of rotatable bonds is 2. The van der Waals surface area contributed by atoms with Gasteiger partial charge in [0.1, 0.15) is 6.10 Å². The predicted molar refractivity (Wildman–Crippen MR) is 62.1 cm³/mol.